The minimum absolute atomic E-state index is 0.312. The number of aromatic nitrogens is 2. The zero-order chi connectivity index (χ0) is 15.4. The van der Waals surface area contributed by atoms with E-state index in [9.17, 15) is 4.79 Å². The number of imidazole rings is 1. The van der Waals surface area contributed by atoms with E-state index >= 15 is 0 Å². The van der Waals surface area contributed by atoms with Gasteiger partial charge in [0.1, 0.15) is 5.82 Å². The number of H-pyrrole nitrogens is 1. The third-order valence-corrected chi connectivity index (χ3v) is 5.20. The summed E-state index contributed by atoms with van der Waals surface area (Å²) in [6.45, 7) is 7.23. The van der Waals surface area contributed by atoms with Crippen LogP contribution in [0.4, 0.5) is 0 Å². The van der Waals surface area contributed by atoms with E-state index in [4.69, 9.17) is 0 Å². The summed E-state index contributed by atoms with van der Waals surface area (Å²) in [5, 5.41) is 0. The molecule has 5 heteroatoms. The average molecular weight is 304 g/mol. The largest absolute Gasteiger partial charge is 0.348 e. The first-order chi connectivity index (χ1) is 10.7. The number of hydrogen-bond acceptors (Lipinski definition) is 3. The molecule has 1 atom stereocenters. The second kappa shape index (κ2) is 6.82. The number of nitrogens with zero attached hydrogens (tertiary/aromatic N) is 3. The molecule has 2 fully saturated rings. The number of hydrogen-bond donors (Lipinski definition) is 1. The van der Waals surface area contributed by atoms with E-state index in [-0.39, 0.29) is 0 Å². The molecule has 5 nitrogen and oxygen atoms in total. The number of piperidine rings is 2. The molecule has 22 heavy (non-hydrogen) atoms. The van der Waals surface area contributed by atoms with Gasteiger partial charge in [0.25, 0.3) is 0 Å². The van der Waals surface area contributed by atoms with Crippen molar-refractivity contribution < 1.29 is 4.79 Å². The van der Waals surface area contributed by atoms with Crippen LogP contribution < -0.4 is 0 Å². The number of carbonyl (C=O) groups excluding carboxylic acids is 1. The smallest absolute Gasteiger partial charge is 0.222 e. The predicted octanol–water partition coefficient (Wildman–Crippen LogP) is 2.41. The number of aromatic amines is 1. The molecule has 2 saturated heterocycles. The zero-order valence-electron chi connectivity index (χ0n) is 13.7. The van der Waals surface area contributed by atoms with Crippen molar-refractivity contribution in [3.8, 4) is 0 Å². The summed E-state index contributed by atoms with van der Waals surface area (Å²) in [5.41, 5.74) is 0.312. The van der Waals surface area contributed by atoms with Gasteiger partial charge in [-0.2, -0.15) is 0 Å². The molecule has 3 heterocycles. The van der Waals surface area contributed by atoms with Crippen molar-refractivity contribution in [2.24, 2.45) is 5.41 Å². The summed E-state index contributed by atoms with van der Waals surface area (Å²) in [6.07, 6.45) is 10.3. The monoisotopic (exact) mass is 304 g/mol. The molecule has 3 rings (SSSR count). The van der Waals surface area contributed by atoms with Gasteiger partial charge in [-0.3, -0.25) is 9.69 Å². The third kappa shape index (κ3) is 3.51. The number of nitrogens with one attached hydrogen (secondary N) is 1. The molecule has 0 aromatic carbocycles. The van der Waals surface area contributed by atoms with Crippen molar-refractivity contribution in [1.82, 2.24) is 19.8 Å². The van der Waals surface area contributed by atoms with Crippen molar-refractivity contribution in [3.05, 3.63) is 18.2 Å². The van der Waals surface area contributed by atoms with E-state index < -0.39 is 0 Å². The fourth-order valence-electron chi connectivity index (χ4n) is 4.03. The number of likely N-dealkylation sites (tertiary alicyclic amines) is 2. The van der Waals surface area contributed by atoms with Crippen LogP contribution in [-0.4, -0.2) is 51.9 Å². The molecule has 1 spiro atoms. The second-order valence-electron chi connectivity index (χ2n) is 7.02. The van der Waals surface area contributed by atoms with E-state index in [1.807, 2.05) is 12.4 Å². The maximum Gasteiger partial charge on any atom is 0.222 e. The van der Waals surface area contributed by atoms with Crippen LogP contribution in [0.15, 0.2) is 12.4 Å². The van der Waals surface area contributed by atoms with E-state index in [0.29, 0.717) is 11.3 Å². The summed E-state index contributed by atoms with van der Waals surface area (Å²) in [4.78, 5) is 24.4. The Morgan fingerprint density at radius 3 is 3.05 bits per heavy atom. The molecule has 1 aromatic rings. The molecule has 0 unspecified atom stereocenters. The van der Waals surface area contributed by atoms with Crippen molar-refractivity contribution in [1.29, 1.82) is 0 Å². The Hall–Kier alpha value is -1.36. The van der Waals surface area contributed by atoms with Crippen LogP contribution in [0.1, 0.15) is 51.3 Å². The lowest BCUT2D eigenvalue weighted by Crippen LogP contribution is -2.54. The van der Waals surface area contributed by atoms with E-state index in [1.54, 1.807) is 0 Å². The molecule has 1 aromatic heterocycles. The minimum Gasteiger partial charge on any atom is -0.348 e. The number of rotatable bonds is 5. The van der Waals surface area contributed by atoms with Gasteiger partial charge in [0, 0.05) is 43.9 Å². The van der Waals surface area contributed by atoms with Gasteiger partial charge in [-0.15, -0.1) is 0 Å². The van der Waals surface area contributed by atoms with E-state index in [1.165, 1.54) is 12.8 Å². The van der Waals surface area contributed by atoms with Crippen LogP contribution >= 0.6 is 0 Å². The third-order valence-electron chi connectivity index (χ3n) is 5.20. The van der Waals surface area contributed by atoms with Crippen molar-refractivity contribution in [2.75, 3.05) is 26.2 Å². The molecular formula is C17H28N4O. The van der Waals surface area contributed by atoms with Crippen LogP contribution in [0.3, 0.4) is 0 Å². The normalized spacial score (nSPS) is 26.8. The predicted molar refractivity (Wildman–Crippen MR) is 86.3 cm³/mol. The summed E-state index contributed by atoms with van der Waals surface area (Å²) >= 11 is 0. The lowest BCUT2D eigenvalue weighted by atomic mass is 9.73. The van der Waals surface area contributed by atoms with Crippen LogP contribution in [-0.2, 0) is 11.3 Å². The van der Waals surface area contributed by atoms with Crippen LogP contribution in [0, 0.1) is 5.41 Å². The van der Waals surface area contributed by atoms with Gasteiger partial charge in [-0.05, 0) is 32.2 Å². The van der Waals surface area contributed by atoms with E-state index in [2.05, 4.69) is 26.7 Å². The fourth-order valence-corrected chi connectivity index (χ4v) is 4.03. The first kappa shape index (κ1) is 15.5. The van der Waals surface area contributed by atoms with Gasteiger partial charge in [-0.25, -0.2) is 4.98 Å². The van der Waals surface area contributed by atoms with Gasteiger partial charge in [0.15, 0.2) is 0 Å². The first-order valence-corrected chi connectivity index (χ1v) is 8.69. The molecule has 2 aliphatic heterocycles. The molecule has 1 amide bonds. The van der Waals surface area contributed by atoms with Crippen LogP contribution in [0.2, 0.25) is 0 Å². The van der Waals surface area contributed by atoms with Gasteiger partial charge in [0.2, 0.25) is 5.91 Å². The highest BCUT2D eigenvalue weighted by atomic mass is 16.2. The standard InChI is InChI=1S/C17H28N4O/c1-2-3-11-21-14-17(7-5-16(21)22)6-4-10-20(13-17)12-15-18-8-9-19-15/h8-9H,2-7,10-14H2,1H3,(H,18,19)/t17-/m1/s1. The van der Waals surface area contributed by atoms with Gasteiger partial charge < -0.3 is 9.88 Å². The van der Waals surface area contributed by atoms with Gasteiger partial charge >= 0.3 is 0 Å². The Morgan fingerprint density at radius 1 is 1.36 bits per heavy atom. The van der Waals surface area contributed by atoms with Crippen molar-refractivity contribution >= 4 is 5.91 Å². The highest BCUT2D eigenvalue weighted by Gasteiger charge is 2.41. The Labute approximate surface area is 133 Å². The maximum atomic E-state index is 12.2. The zero-order valence-corrected chi connectivity index (χ0v) is 13.7. The number of unbranched alkanes of at least 4 members (excludes halogenated alkanes) is 1. The van der Waals surface area contributed by atoms with Gasteiger partial charge in [0.05, 0.1) is 6.54 Å². The fraction of sp³-hybridized carbons (Fsp3) is 0.765. The molecule has 0 aliphatic carbocycles. The SMILES string of the molecule is CCCCN1C[C@]2(CCCN(Cc3ncc[nH]3)C2)CCC1=O. The highest BCUT2D eigenvalue weighted by Crippen LogP contribution is 2.39. The second-order valence-corrected chi connectivity index (χ2v) is 7.02. The molecular weight excluding hydrogens is 276 g/mol. The molecule has 2 aliphatic rings. The minimum atomic E-state index is 0.312. The molecule has 0 saturated carbocycles. The summed E-state index contributed by atoms with van der Waals surface area (Å²) < 4.78 is 0. The van der Waals surface area contributed by atoms with Crippen molar-refractivity contribution in [2.45, 2.75) is 52.0 Å². The average Bonchev–Trinajstić information content (AvgIpc) is 3.02. The Balaban J connectivity index is 1.62. The lowest BCUT2D eigenvalue weighted by Gasteiger charge is -2.48. The molecule has 0 radical (unpaired) electrons. The molecule has 0 bridgehead atoms. The van der Waals surface area contributed by atoms with Gasteiger partial charge in [-0.1, -0.05) is 13.3 Å². The first-order valence-electron chi connectivity index (χ1n) is 8.69. The lowest BCUT2D eigenvalue weighted by molar-refractivity contribution is -0.139. The summed E-state index contributed by atoms with van der Waals surface area (Å²) in [5.74, 6) is 1.41. The quantitative estimate of drug-likeness (QED) is 0.909. The highest BCUT2D eigenvalue weighted by molar-refractivity contribution is 5.77. The number of amides is 1. The van der Waals surface area contributed by atoms with E-state index in [0.717, 1.165) is 64.2 Å². The summed E-state index contributed by atoms with van der Waals surface area (Å²) in [6, 6.07) is 0. The molecule has 122 valence electrons. The summed E-state index contributed by atoms with van der Waals surface area (Å²) in [7, 11) is 0. The molecule has 1 N–H and O–H groups in total. The topological polar surface area (TPSA) is 52.2 Å². The Kier molecular flexibility index (Phi) is 4.81. The number of carbonyl (C=O) groups is 1. The Bertz CT molecular complexity index is 487. The van der Waals surface area contributed by atoms with Crippen LogP contribution in [0.25, 0.3) is 0 Å². The Morgan fingerprint density at radius 2 is 2.27 bits per heavy atom. The van der Waals surface area contributed by atoms with Crippen LogP contribution in [0.5, 0.6) is 0 Å². The maximum absolute atomic E-state index is 12.2. The van der Waals surface area contributed by atoms with Crippen molar-refractivity contribution in [3.63, 3.8) is 0 Å².